The van der Waals surface area contributed by atoms with E-state index in [1.807, 2.05) is 20.8 Å². The Balaban J connectivity index is 0. The van der Waals surface area contributed by atoms with Crippen LogP contribution in [0.2, 0.25) is 0 Å². The van der Waals surface area contributed by atoms with Crippen LogP contribution in [0.25, 0.3) is 0 Å². The van der Waals surface area contributed by atoms with Crippen molar-refractivity contribution in [3.05, 3.63) is 0 Å². The Labute approximate surface area is 111 Å². The number of nitrogens with two attached hydrogens (primary N) is 1. The lowest BCUT2D eigenvalue weighted by Crippen LogP contribution is -2.44. The zero-order chi connectivity index (χ0) is 12.4. The molecule has 0 spiro atoms. The van der Waals surface area contributed by atoms with Crippen molar-refractivity contribution in [1.82, 2.24) is 5.32 Å². The van der Waals surface area contributed by atoms with E-state index in [0.29, 0.717) is 6.54 Å². The first-order chi connectivity index (χ1) is 7.63. The summed E-state index contributed by atoms with van der Waals surface area (Å²) in [6.07, 6.45) is 2.85. The zero-order valence-electron chi connectivity index (χ0n) is 11.2. The Morgan fingerprint density at radius 1 is 1.35 bits per heavy atom. The van der Waals surface area contributed by atoms with Crippen molar-refractivity contribution >= 4 is 18.3 Å². The fraction of sp³-hybridized carbons (Fsp3) is 0.917. The first-order valence-corrected chi connectivity index (χ1v) is 6.24. The number of halogens is 1. The minimum absolute atomic E-state index is 0. The van der Waals surface area contributed by atoms with Gasteiger partial charge in [-0.1, -0.05) is 20.3 Å². The number of carbonyl (C=O) groups is 1. The zero-order valence-corrected chi connectivity index (χ0v) is 12.0. The Morgan fingerprint density at radius 3 is 2.53 bits per heavy atom. The summed E-state index contributed by atoms with van der Waals surface area (Å²) in [4.78, 5) is 11.6. The summed E-state index contributed by atoms with van der Waals surface area (Å²) >= 11 is 0. The highest BCUT2D eigenvalue weighted by Crippen LogP contribution is 2.04. The van der Waals surface area contributed by atoms with E-state index >= 15 is 0 Å². The predicted molar refractivity (Wildman–Crippen MR) is 73.4 cm³/mol. The molecule has 0 aromatic carbocycles. The van der Waals surface area contributed by atoms with Crippen LogP contribution in [-0.2, 0) is 9.53 Å². The molecule has 0 aromatic rings. The topological polar surface area (TPSA) is 64.3 Å². The van der Waals surface area contributed by atoms with Gasteiger partial charge in [0.1, 0.15) is 0 Å². The number of hydrogen-bond donors (Lipinski definition) is 2. The molecule has 2 unspecified atom stereocenters. The first-order valence-electron chi connectivity index (χ1n) is 6.24. The normalized spacial score (nSPS) is 13.6. The molecule has 0 aliphatic heterocycles. The maximum absolute atomic E-state index is 11.6. The molecular formula is C12H27ClN2O2. The van der Waals surface area contributed by atoms with E-state index in [0.717, 1.165) is 32.5 Å². The van der Waals surface area contributed by atoms with Crippen LogP contribution in [0.15, 0.2) is 0 Å². The number of ether oxygens (including phenoxy) is 1. The van der Waals surface area contributed by atoms with E-state index in [-0.39, 0.29) is 30.3 Å². The van der Waals surface area contributed by atoms with Gasteiger partial charge in [-0.15, -0.1) is 12.4 Å². The Bertz CT molecular complexity index is 191. The second kappa shape index (κ2) is 12.1. The molecule has 17 heavy (non-hydrogen) atoms. The summed E-state index contributed by atoms with van der Waals surface area (Å²) in [7, 11) is 0. The Morgan fingerprint density at radius 2 is 2.00 bits per heavy atom. The molecule has 0 bridgehead atoms. The van der Waals surface area contributed by atoms with Gasteiger partial charge < -0.3 is 15.8 Å². The van der Waals surface area contributed by atoms with Crippen molar-refractivity contribution in [3.63, 3.8) is 0 Å². The van der Waals surface area contributed by atoms with Crippen LogP contribution in [0.5, 0.6) is 0 Å². The highest BCUT2D eigenvalue weighted by molar-refractivity contribution is 5.85. The summed E-state index contributed by atoms with van der Waals surface area (Å²) in [5.74, 6) is 0.203. The second-order valence-corrected chi connectivity index (χ2v) is 4.11. The molecule has 0 aliphatic carbocycles. The van der Waals surface area contributed by atoms with Gasteiger partial charge in [-0.05, 0) is 25.7 Å². The lowest BCUT2D eigenvalue weighted by Gasteiger charge is -2.17. The number of unbranched alkanes of at least 4 members (excludes halogenated alkanes) is 1. The maximum Gasteiger partial charge on any atom is 0.237 e. The Hall–Kier alpha value is -0.320. The molecule has 3 N–H and O–H groups in total. The average Bonchev–Trinajstić information content (AvgIpc) is 2.31. The molecule has 5 heteroatoms. The third-order valence-electron chi connectivity index (χ3n) is 2.78. The van der Waals surface area contributed by atoms with Crippen LogP contribution in [-0.4, -0.2) is 31.7 Å². The van der Waals surface area contributed by atoms with Crippen LogP contribution >= 0.6 is 12.4 Å². The standard InChI is InChI=1S/C12H26N2O2.ClH/c1-4-10(3)11(13)12(15)14-8-6-7-9-16-5-2;/h10-11H,4-9,13H2,1-3H3,(H,14,15);1H. The molecular weight excluding hydrogens is 240 g/mol. The largest absolute Gasteiger partial charge is 0.382 e. The van der Waals surface area contributed by atoms with E-state index < -0.39 is 0 Å². The molecule has 104 valence electrons. The van der Waals surface area contributed by atoms with Crippen LogP contribution < -0.4 is 11.1 Å². The van der Waals surface area contributed by atoms with Crippen LogP contribution in [0.4, 0.5) is 0 Å². The van der Waals surface area contributed by atoms with Crippen molar-refractivity contribution in [2.75, 3.05) is 19.8 Å². The van der Waals surface area contributed by atoms with E-state index in [2.05, 4.69) is 5.32 Å². The molecule has 0 aromatic heterocycles. The summed E-state index contributed by atoms with van der Waals surface area (Å²) in [5.41, 5.74) is 5.80. The van der Waals surface area contributed by atoms with Crippen LogP contribution in [0, 0.1) is 5.92 Å². The first kappa shape index (κ1) is 19.0. The lowest BCUT2D eigenvalue weighted by atomic mass is 9.99. The predicted octanol–water partition coefficient (Wildman–Crippen LogP) is 1.71. The number of amides is 1. The average molecular weight is 267 g/mol. The van der Waals surface area contributed by atoms with Gasteiger partial charge in [0.2, 0.25) is 5.91 Å². The quantitative estimate of drug-likeness (QED) is 0.625. The molecule has 0 saturated carbocycles. The van der Waals surface area contributed by atoms with Crippen LogP contribution in [0.3, 0.4) is 0 Å². The molecule has 0 heterocycles. The fourth-order valence-electron chi connectivity index (χ4n) is 1.32. The van der Waals surface area contributed by atoms with Gasteiger partial charge in [-0.25, -0.2) is 0 Å². The van der Waals surface area contributed by atoms with Gasteiger partial charge in [0, 0.05) is 19.8 Å². The van der Waals surface area contributed by atoms with Gasteiger partial charge in [0.25, 0.3) is 0 Å². The van der Waals surface area contributed by atoms with Crippen molar-refractivity contribution in [3.8, 4) is 0 Å². The minimum Gasteiger partial charge on any atom is -0.382 e. The van der Waals surface area contributed by atoms with Crippen molar-refractivity contribution in [2.24, 2.45) is 11.7 Å². The lowest BCUT2D eigenvalue weighted by molar-refractivity contribution is -0.123. The summed E-state index contributed by atoms with van der Waals surface area (Å²) in [5, 5.41) is 2.86. The number of nitrogens with one attached hydrogen (secondary N) is 1. The van der Waals surface area contributed by atoms with E-state index in [1.165, 1.54) is 0 Å². The van der Waals surface area contributed by atoms with Gasteiger partial charge in [0.05, 0.1) is 6.04 Å². The third-order valence-corrected chi connectivity index (χ3v) is 2.78. The molecule has 2 atom stereocenters. The van der Waals surface area contributed by atoms with Crippen LogP contribution in [0.1, 0.15) is 40.0 Å². The summed E-state index contributed by atoms with van der Waals surface area (Å²) in [6, 6.07) is -0.378. The number of carbonyl (C=O) groups excluding carboxylic acids is 1. The van der Waals surface area contributed by atoms with Crippen molar-refractivity contribution in [2.45, 2.75) is 46.1 Å². The van der Waals surface area contributed by atoms with Crippen molar-refractivity contribution < 1.29 is 9.53 Å². The molecule has 0 rings (SSSR count). The smallest absolute Gasteiger partial charge is 0.237 e. The molecule has 0 saturated heterocycles. The van der Waals surface area contributed by atoms with Gasteiger partial charge >= 0.3 is 0 Å². The Kier molecular flexibility index (Phi) is 13.6. The molecule has 1 amide bonds. The van der Waals surface area contributed by atoms with Crippen molar-refractivity contribution in [1.29, 1.82) is 0 Å². The fourth-order valence-corrected chi connectivity index (χ4v) is 1.32. The molecule has 4 nitrogen and oxygen atoms in total. The second-order valence-electron chi connectivity index (χ2n) is 4.11. The monoisotopic (exact) mass is 266 g/mol. The minimum atomic E-state index is -0.378. The van der Waals surface area contributed by atoms with E-state index in [1.54, 1.807) is 0 Å². The molecule has 0 fully saturated rings. The van der Waals surface area contributed by atoms with E-state index in [4.69, 9.17) is 10.5 Å². The SMILES string of the molecule is CCOCCCCNC(=O)C(N)C(C)CC.Cl. The van der Waals surface area contributed by atoms with Gasteiger partial charge in [0.15, 0.2) is 0 Å². The van der Waals surface area contributed by atoms with Gasteiger partial charge in [-0.3, -0.25) is 4.79 Å². The molecule has 0 radical (unpaired) electrons. The number of hydrogen-bond acceptors (Lipinski definition) is 3. The summed E-state index contributed by atoms with van der Waals surface area (Å²) < 4.78 is 5.21. The highest BCUT2D eigenvalue weighted by Gasteiger charge is 2.18. The van der Waals surface area contributed by atoms with Gasteiger partial charge in [-0.2, -0.15) is 0 Å². The highest BCUT2D eigenvalue weighted by atomic mass is 35.5. The third kappa shape index (κ3) is 9.39. The summed E-state index contributed by atoms with van der Waals surface area (Å²) in [6.45, 7) is 8.23. The number of rotatable bonds is 9. The van der Waals surface area contributed by atoms with E-state index in [9.17, 15) is 4.79 Å². The molecule has 0 aliphatic rings. The maximum atomic E-state index is 11.6.